The first-order valence-corrected chi connectivity index (χ1v) is 11.8. The summed E-state index contributed by atoms with van der Waals surface area (Å²) in [6.07, 6.45) is 3.21. The number of aromatic nitrogens is 1. The maximum absolute atomic E-state index is 12.1. The predicted molar refractivity (Wildman–Crippen MR) is 120 cm³/mol. The average molecular weight is 436 g/mol. The van der Waals surface area contributed by atoms with E-state index in [2.05, 4.69) is 41.5 Å². The van der Waals surface area contributed by atoms with Gasteiger partial charge in [0.15, 0.2) is 0 Å². The SMILES string of the molecule is Cc1c(OS(C)(=O)=O)c(=O)ccn1CCc1cc(C(C)(C)C)c(O)c(C(C)(C)C)c1. The summed E-state index contributed by atoms with van der Waals surface area (Å²) in [5.41, 5.74) is 2.40. The fraction of sp³-hybridized carbons (Fsp3) is 0.522. The molecule has 166 valence electrons. The first kappa shape index (κ1) is 24.0. The van der Waals surface area contributed by atoms with Crippen LogP contribution in [0.2, 0.25) is 0 Å². The van der Waals surface area contributed by atoms with E-state index in [0.29, 0.717) is 24.4 Å². The second-order valence-corrected chi connectivity index (χ2v) is 11.4. The molecule has 0 saturated heterocycles. The summed E-state index contributed by atoms with van der Waals surface area (Å²) >= 11 is 0. The molecule has 1 N–H and O–H groups in total. The van der Waals surface area contributed by atoms with Crippen molar-refractivity contribution < 1.29 is 17.7 Å². The Morgan fingerprint density at radius 3 is 1.97 bits per heavy atom. The van der Waals surface area contributed by atoms with Crippen molar-refractivity contribution in [3.05, 3.63) is 57.0 Å². The first-order valence-electron chi connectivity index (χ1n) is 9.97. The number of pyridine rings is 1. The zero-order chi connectivity index (χ0) is 23.1. The van der Waals surface area contributed by atoms with Crippen LogP contribution >= 0.6 is 0 Å². The van der Waals surface area contributed by atoms with E-state index in [1.165, 1.54) is 6.07 Å². The van der Waals surface area contributed by atoms with E-state index in [1.54, 1.807) is 13.1 Å². The number of hydrogen-bond donors (Lipinski definition) is 1. The van der Waals surface area contributed by atoms with E-state index in [0.717, 1.165) is 22.9 Å². The molecule has 0 spiro atoms. The van der Waals surface area contributed by atoms with E-state index in [9.17, 15) is 18.3 Å². The van der Waals surface area contributed by atoms with Gasteiger partial charge in [0.2, 0.25) is 11.2 Å². The van der Waals surface area contributed by atoms with Crippen LogP contribution in [0.15, 0.2) is 29.2 Å². The van der Waals surface area contributed by atoms with Gasteiger partial charge in [-0.05, 0) is 40.9 Å². The summed E-state index contributed by atoms with van der Waals surface area (Å²) in [5, 5.41) is 10.9. The zero-order valence-corrected chi connectivity index (χ0v) is 20.0. The molecule has 0 aliphatic carbocycles. The van der Waals surface area contributed by atoms with Crippen LogP contribution in [-0.2, 0) is 33.9 Å². The summed E-state index contributed by atoms with van der Waals surface area (Å²) in [6.45, 7) is 14.6. The number of aromatic hydroxyl groups is 1. The largest absolute Gasteiger partial charge is 0.507 e. The smallest absolute Gasteiger partial charge is 0.306 e. The first-order chi connectivity index (χ1) is 13.5. The topological polar surface area (TPSA) is 85.6 Å². The second kappa shape index (κ2) is 8.10. The van der Waals surface area contributed by atoms with Crippen molar-refractivity contribution in [1.29, 1.82) is 0 Å². The Morgan fingerprint density at radius 1 is 1.03 bits per heavy atom. The molecule has 0 atom stereocenters. The minimum absolute atomic E-state index is 0.170. The van der Waals surface area contributed by atoms with Gasteiger partial charge in [-0.1, -0.05) is 53.7 Å². The van der Waals surface area contributed by atoms with Crippen molar-refractivity contribution in [2.24, 2.45) is 0 Å². The molecule has 0 saturated carbocycles. The Hall–Kier alpha value is -2.28. The molecule has 2 aromatic rings. The molecule has 0 aliphatic rings. The lowest BCUT2D eigenvalue weighted by Gasteiger charge is -2.28. The molecule has 0 amide bonds. The van der Waals surface area contributed by atoms with Crippen LogP contribution in [0.1, 0.15) is 63.9 Å². The summed E-state index contributed by atoms with van der Waals surface area (Å²) in [6, 6.07) is 5.36. The zero-order valence-electron chi connectivity index (χ0n) is 19.2. The molecule has 7 heteroatoms. The lowest BCUT2D eigenvalue weighted by molar-refractivity contribution is 0.422. The number of benzene rings is 1. The third kappa shape index (κ3) is 5.65. The number of nitrogens with zero attached hydrogens (tertiary/aromatic N) is 1. The third-order valence-corrected chi connectivity index (χ3v) is 5.52. The van der Waals surface area contributed by atoms with Gasteiger partial charge in [0.05, 0.1) is 11.9 Å². The lowest BCUT2D eigenvalue weighted by Crippen LogP contribution is -2.19. The van der Waals surface area contributed by atoms with Crippen molar-refractivity contribution in [2.45, 2.75) is 72.3 Å². The number of phenolic OH excluding ortho intramolecular Hbond substituents is 1. The second-order valence-electron chi connectivity index (χ2n) is 9.86. The number of rotatable bonds is 5. The van der Waals surface area contributed by atoms with Crippen molar-refractivity contribution in [3.63, 3.8) is 0 Å². The Morgan fingerprint density at radius 2 is 1.53 bits per heavy atom. The van der Waals surface area contributed by atoms with Crippen molar-refractivity contribution >= 4 is 10.1 Å². The molecule has 6 nitrogen and oxygen atoms in total. The minimum atomic E-state index is -3.80. The molecule has 1 heterocycles. The highest BCUT2D eigenvalue weighted by molar-refractivity contribution is 7.86. The average Bonchev–Trinajstić information content (AvgIpc) is 2.56. The standard InChI is InChI=1S/C23H33NO5S/c1-15-21(29-30(8,27)28)19(25)10-12-24(15)11-9-16-13-17(22(2,3)4)20(26)18(14-16)23(5,6)7/h10,12-14,26H,9,11H2,1-8H3. The number of phenols is 1. The summed E-state index contributed by atoms with van der Waals surface area (Å²) in [4.78, 5) is 12.1. The van der Waals surface area contributed by atoms with Gasteiger partial charge in [0, 0.05) is 18.8 Å². The maximum atomic E-state index is 12.1. The van der Waals surface area contributed by atoms with Gasteiger partial charge in [0.1, 0.15) is 5.75 Å². The molecule has 30 heavy (non-hydrogen) atoms. The van der Waals surface area contributed by atoms with Crippen LogP contribution in [0.4, 0.5) is 0 Å². The number of aryl methyl sites for hydroxylation is 2. The predicted octanol–water partition coefficient (Wildman–Crippen LogP) is 4.04. The van der Waals surface area contributed by atoms with Crippen LogP contribution in [0.5, 0.6) is 11.5 Å². The van der Waals surface area contributed by atoms with E-state index in [1.807, 2.05) is 16.7 Å². The highest BCUT2D eigenvalue weighted by Crippen LogP contribution is 2.39. The Bertz CT molecular complexity index is 1060. The van der Waals surface area contributed by atoms with Crippen LogP contribution in [-0.4, -0.2) is 24.3 Å². The highest BCUT2D eigenvalue weighted by atomic mass is 32.2. The van der Waals surface area contributed by atoms with E-state index in [-0.39, 0.29) is 16.6 Å². The maximum Gasteiger partial charge on any atom is 0.306 e. The van der Waals surface area contributed by atoms with E-state index < -0.39 is 15.5 Å². The summed E-state index contributed by atoms with van der Waals surface area (Å²) in [7, 11) is -3.80. The van der Waals surface area contributed by atoms with Gasteiger partial charge in [-0.15, -0.1) is 0 Å². The third-order valence-electron chi connectivity index (χ3n) is 5.05. The van der Waals surface area contributed by atoms with Gasteiger partial charge in [-0.2, -0.15) is 8.42 Å². The van der Waals surface area contributed by atoms with Gasteiger partial charge in [0.25, 0.3) is 0 Å². The lowest BCUT2D eigenvalue weighted by atomic mass is 9.78. The van der Waals surface area contributed by atoms with Gasteiger partial charge in [-0.3, -0.25) is 4.79 Å². The molecule has 2 rings (SSSR count). The van der Waals surface area contributed by atoms with Crippen LogP contribution in [0.3, 0.4) is 0 Å². The Balaban J connectivity index is 2.45. The van der Waals surface area contributed by atoms with Crippen molar-refractivity contribution in [1.82, 2.24) is 4.57 Å². The van der Waals surface area contributed by atoms with Crippen LogP contribution < -0.4 is 9.61 Å². The molecular weight excluding hydrogens is 402 g/mol. The molecule has 0 fully saturated rings. The fourth-order valence-electron chi connectivity index (χ4n) is 3.38. The summed E-state index contributed by atoms with van der Waals surface area (Å²) in [5.74, 6) is 0.165. The minimum Gasteiger partial charge on any atom is -0.507 e. The van der Waals surface area contributed by atoms with Gasteiger partial charge >= 0.3 is 10.1 Å². The highest BCUT2D eigenvalue weighted by Gasteiger charge is 2.26. The normalized spacial score (nSPS) is 12.8. The molecular formula is C23H33NO5S. The Kier molecular flexibility index (Phi) is 6.48. The molecule has 0 aliphatic heterocycles. The van der Waals surface area contributed by atoms with Gasteiger partial charge in [-0.25, -0.2) is 0 Å². The molecule has 1 aromatic carbocycles. The van der Waals surface area contributed by atoms with E-state index in [4.69, 9.17) is 4.18 Å². The van der Waals surface area contributed by atoms with Crippen molar-refractivity contribution in [3.8, 4) is 11.5 Å². The quantitative estimate of drug-likeness (QED) is 0.717. The number of hydrogen-bond acceptors (Lipinski definition) is 5. The fourth-order valence-corrected chi connectivity index (χ4v) is 3.89. The van der Waals surface area contributed by atoms with Crippen molar-refractivity contribution in [2.75, 3.05) is 6.26 Å². The molecule has 0 unspecified atom stereocenters. The van der Waals surface area contributed by atoms with Crippen LogP contribution in [0.25, 0.3) is 0 Å². The van der Waals surface area contributed by atoms with Gasteiger partial charge < -0.3 is 13.9 Å². The Labute approximate surface area is 179 Å². The molecule has 0 radical (unpaired) electrons. The molecule has 1 aromatic heterocycles. The monoisotopic (exact) mass is 435 g/mol. The van der Waals surface area contributed by atoms with E-state index >= 15 is 0 Å². The summed E-state index contributed by atoms with van der Waals surface area (Å²) < 4.78 is 29.7. The van der Waals surface area contributed by atoms with Crippen LogP contribution in [0, 0.1) is 6.92 Å². The molecule has 0 bridgehead atoms.